The van der Waals surface area contributed by atoms with E-state index in [1.54, 1.807) is 0 Å². The molecule has 2 N–H and O–H groups in total. The van der Waals surface area contributed by atoms with Gasteiger partial charge in [-0.2, -0.15) is 0 Å². The van der Waals surface area contributed by atoms with Gasteiger partial charge in [0.15, 0.2) is 0 Å². The highest BCUT2D eigenvalue weighted by Gasteiger charge is 2.43. The lowest BCUT2D eigenvalue weighted by atomic mass is 9.95. The summed E-state index contributed by atoms with van der Waals surface area (Å²) in [5.41, 5.74) is 2.62. The monoisotopic (exact) mass is 488 g/mol. The summed E-state index contributed by atoms with van der Waals surface area (Å²) in [6, 6.07) is 0. The van der Waals surface area contributed by atoms with E-state index >= 15 is 0 Å². The maximum absolute atomic E-state index is 11.6. The molecule has 0 aromatic carbocycles. The van der Waals surface area contributed by atoms with Gasteiger partial charge in [-0.1, -0.05) is 57.2 Å². The van der Waals surface area contributed by atoms with Gasteiger partial charge in [0.05, 0.1) is 37.9 Å². The lowest BCUT2D eigenvalue weighted by molar-refractivity contribution is -0.165. The summed E-state index contributed by atoms with van der Waals surface area (Å²) >= 11 is 0. The van der Waals surface area contributed by atoms with E-state index in [4.69, 9.17) is 14.2 Å². The zero-order valence-electron chi connectivity index (χ0n) is 22.1. The molecule has 6 heteroatoms. The van der Waals surface area contributed by atoms with E-state index in [1.165, 1.54) is 18.3 Å². The second-order valence-corrected chi connectivity index (χ2v) is 10.6. The summed E-state index contributed by atoms with van der Waals surface area (Å²) in [6.07, 6.45) is 12.7. The molecule has 1 saturated carbocycles. The molecule has 1 aliphatic carbocycles. The molecule has 0 spiro atoms. The fourth-order valence-electron chi connectivity index (χ4n) is 5.29. The number of esters is 1. The predicted octanol–water partition coefficient (Wildman–Crippen LogP) is 4.52. The molecule has 2 fully saturated rings. The van der Waals surface area contributed by atoms with Gasteiger partial charge in [-0.05, 0) is 61.5 Å². The Bertz CT molecular complexity index is 842. The number of allylic oxidation sites excluding steroid dienone is 4. The van der Waals surface area contributed by atoms with Crippen molar-refractivity contribution in [3.63, 3.8) is 0 Å². The Labute approximate surface area is 210 Å². The zero-order chi connectivity index (χ0) is 25.7. The van der Waals surface area contributed by atoms with Crippen LogP contribution in [-0.2, 0) is 19.0 Å². The van der Waals surface area contributed by atoms with Crippen molar-refractivity contribution < 1.29 is 29.2 Å². The molecule has 3 aliphatic rings. The number of aliphatic hydroxyl groups excluding tert-OH is 2. The smallest absolute Gasteiger partial charge is 0.308 e. The third-order valence-corrected chi connectivity index (χ3v) is 7.78. The highest BCUT2D eigenvalue weighted by atomic mass is 16.5. The van der Waals surface area contributed by atoms with Gasteiger partial charge in [0.2, 0.25) is 0 Å². The maximum Gasteiger partial charge on any atom is 0.308 e. The lowest BCUT2D eigenvalue weighted by Crippen LogP contribution is -2.47. The van der Waals surface area contributed by atoms with Crippen LogP contribution in [0.4, 0.5) is 0 Å². The Morgan fingerprint density at radius 2 is 1.94 bits per heavy atom. The molecule has 10 atom stereocenters. The van der Waals surface area contributed by atoms with Gasteiger partial charge in [0.25, 0.3) is 0 Å². The van der Waals surface area contributed by atoms with Gasteiger partial charge in [0.1, 0.15) is 12.2 Å². The standard InChI is InChI=1S/C29H44O6/c1-7-25-18(3)9-12-26(35-25)19(4)14-17(2)8-10-22-20(5)23(22)11-13-27-29(32)24(30)15-21(34-27)16-28(31)33-6/h8-11,13-14,17,20-27,29-30,32H,7,12,15-16H2,1-6H3/b10-8+,13-11+,19-14+/t17-,20-,21+,22?,23+,24+,25-,26-,27+,29-/m1/s1. The normalized spacial score (nSPS) is 39.0. The molecule has 0 aromatic rings. The molecular formula is C29H44O6. The van der Waals surface area contributed by atoms with Crippen LogP contribution in [0.5, 0.6) is 0 Å². The maximum atomic E-state index is 11.6. The number of hydrogen-bond donors (Lipinski definition) is 2. The van der Waals surface area contributed by atoms with E-state index in [0.717, 1.165) is 12.8 Å². The van der Waals surface area contributed by atoms with Crippen molar-refractivity contribution in [2.24, 2.45) is 23.7 Å². The predicted molar refractivity (Wildman–Crippen MR) is 137 cm³/mol. The van der Waals surface area contributed by atoms with Crippen LogP contribution < -0.4 is 0 Å². The molecule has 0 radical (unpaired) electrons. The Hall–Kier alpha value is -1.73. The van der Waals surface area contributed by atoms with Crippen molar-refractivity contribution in [3.8, 4) is 0 Å². The van der Waals surface area contributed by atoms with Gasteiger partial charge in [-0.3, -0.25) is 4.79 Å². The first kappa shape index (κ1) is 27.9. The van der Waals surface area contributed by atoms with Gasteiger partial charge < -0.3 is 24.4 Å². The van der Waals surface area contributed by atoms with Crippen LogP contribution in [0.3, 0.4) is 0 Å². The van der Waals surface area contributed by atoms with E-state index in [1.807, 2.05) is 6.08 Å². The van der Waals surface area contributed by atoms with E-state index in [0.29, 0.717) is 23.7 Å². The van der Waals surface area contributed by atoms with Gasteiger partial charge in [-0.25, -0.2) is 0 Å². The number of ether oxygens (including phenoxy) is 3. The molecule has 2 heterocycles. The number of rotatable bonds is 9. The van der Waals surface area contributed by atoms with E-state index in [9.17, 15) is 15.0 Å². The van der Waals surface area contributed by atoms with Crippen molar-refractivity contribution >= 4 is 5.97 Å². The second kappa shape index (κ2) is 12.5. The number of carbonyl (C=O) groups is 1. The van der Waals surface area contributed by atoms with Crippen LogP contribution >= 0.6 is 0 Å². The summed E-state index contributed by atoms with van der Waals surface area (Å²) in [6.45, 7) is 10.9. The van der Waals surface area contributed by atoms with Crippen LogP contribution in [0.15, 0.2) is 47.6 Å². The first-order valence-corrected chi connectivity index (χ1v) is 13.1. The minimum Gasteiger partial charge on any atom is -0.469 e. The zero-order valence-corrected chi connectivity index (χ0v) is 22.1. The molecule has 196 valence electrons. The quantitative estimate of drug-likeness (QED) is 0.367. The van der Waals surface area contributed by atoms with Gasteiger partial charge in [0, 0.05) is 6.42 Å². The summed E-state index contributed by atoms with van der Waals surface area (Å²) in [5, 5.41) is 20.5. The SMILES string of the molecule is CC[C@H]1O[C@@H](/C(C)=C/[C@H](C)/C=C/C2[C@@H](C)[C@@H]2/C=C/[C@@H]2O[C@H](CC(=O)OC)C[C@H](O)[C@H]2O)CC=C1C. The first-order chi connectivity index (χ1) is 16.6. The van der Waals surface area contributed by atoms with Crippen LogP contribution in [0.2, 0.25) is 0 Å². The highest BCUT2D eigenvalue weighted by Crippen LogP contribution is 2.48. The summed E-state index contributed by atoms with van der Waals surface area (Å²) in [5.74, 6) is 1.27. The van der Waals surface area contributed by atoms with Crippen molar-refractivity contribution in [2.45, 2.75) is 96.9 Å². The fourth-order valence-corrected chi connectivity index (χ4v) is 5.29. The van der Waals surface area contributed by atoms with Crippen LogP contribution in [-0.4, -0.2) is 59.9 Å². The van der Waals surface area contributed by atoms with Gasteiger partial charge >= 0.3 is 5.97 Å². The van der Waals surface area contributed by atoms with E-state index in [-0.39, 0.29) is 31.0 Å². The Kier molecular flexibility index (Phi) is 9.94. The number of hydrogen-bond acceptors (Lipinski definition) is 6. The van der Waals surface area contributed by atoms with Crippen molar-refractivity contribution in [1.29, 1.82) is 0 Å². The van der Waals surface area contributed by atoms with Crippen molar-refractivity contribution in [3.05, 3.63) is 47.6 Å². The average molecular weight is 489 g/mol. The summed E-state index contributed by atoms with van der Waals surface area (Å²) < 4.78 is 16.9. The number of carbonyl (C=O) groups excluding carboxylic acids is 1. The summed E-state index contributed by atoms with van der Waals surface area (Å²) in [4.78, 5) is 11.6. The number of methoxy groups -OCH3 is 1. The molecule has 6 nitrogen and oxygen atoms in total. The lowest BCUT2D eigenvalue weighted by Gasteiger charge is -2.35. The molecule has 35 heavy (non-hydrogen) atoms. The number of aliphatic hydroxyl groups is 2. The summed E-state index contributed by atoms with van der Waals surface area (Å²) in [7, 11) is 1.33. The molecule has 1 unspecified atom stereocenters. The Balaban J connectivity index is 1.53. The molecule has 0 aromatic heterocycles. The molecule has 0 bridgehead atoms. The highest BCUT2D eigenvalue weighted by molar-refractivity contribution is 5.69. The van der Waals surface area contributed by atoms with Crippen LogP contribution in [0, 0.1) is 23.7 Å². The van der Waals surface area contributed by atoms with E-state index < -0.39 is 24.4 Å². The van der Waals surface area contributed by atoms with Crippen LogP contribution in [0.1, 0.15) is 60.3 Å². The third kappa shape index (κ3) is 7.39. The minimum absolute atomic E-state index is 0.0710. The third-order valence-electron chi connectivity index (χ3n) is 7.78. The minimum atomic E-state index is -0.996. The molecule has 1 saturated heterocycles. The molecule has 2 aliphatic heterocycles. The van der Waals surface area contributed by atoms with Gasteiger partial charge in [-0.15, -0.1) is 0 Å². The topological polar surface area (TPSA) is 85.2 Å². The largest absolute Gasteiger partial charge is 0.469 e. The molecule has 3 rings (SSSR count). The Morgan fingerprint density at radius 1 is 1.23 bits per heavy atom. The molecule has 0 amide bonds. The van der Waals surface area contributed by atoms with E-state index in [2.05, 4.69) is 65.0 Å². The first-order valence-electron chi connectivity index (χ1n) is 13.1. The Morgan fingerprint density at radius 3 is 2.63 bits per heavy atom. The van der Waals surface area contributed by atoms with Crippen LogP contribution in [0.25, 0.3) is 0 Å². The second-order valence-electron chi connectivity index (χ2n) is 10.6. The fraction of sp³-hybridized carbons (Fsp3) is 0.690. The average Bonchev–Trinajstić information content (AvgIpc) is 3.46. The molecular weight excluding hydrogens is 444 g/mol. The van der Waals surface area contributed by atoms with Crippen molar-refractivity contribution in [1.82, 2.24) is 0 Å². The van der Waals surface area contributed by atoms with Crippen molar-refractivity contribution in [2.75, 3.05) is 7.11 Å².